The summed E-state index contributed by atoms with van der Waals surface area (Å²) in [5.74, 6) is 2.75. The molecule has 0 radical (unpaired) electrons. The molecule has 0 saturated heterocycles. The smallest absolute Gasteiger partial charge is 0.234 e. The normalized spacial score (nSPS) is 16.4. The number of nitrogens with one attached hydrogen (secondary N) is 2. The van der Waals surface area contributed by atoms with Crippen molar-refractivity contribution in [2.75, 3.05) is 13.1 Å². The highest BCUT2D eigenvalue weighted by Crippen LogP contribution is 2.16. The van der Waals surface area contributed by atoms with E-state index < -0.39 is 0 Å². The summed E-state index contributed by atoms with van der Waals surface area (Å²) in [5.41, 5.74) is 0. The van der Waals surface area contributed by atoms with Gasteiger partial charge in [0, 0.05) is 12.5 Å². The molecule has 0 spiro atoms. The molecule has 1 fully saturated rings. The summed E-state index contributed by atoms with van der Waals surface area (Å²) < 4.78 is 0. The molecule has 3 nitrogen and oxygen atoms in total. The number of rotatable bonds is 7. The second-order valence-corrected chi connectivity index (χ2v) is 4.74. The van der Waals surface area contributed by atoms with Gasteiger partial charge in [0.25, 0.3) is 0 Å². The number of hydrogen-bond donors (Lipinski definition) is 2. The molecule has 17 heavy (non-hydrogen) atoms. The Morgan fingerprint density at radius 3 is 2.71 bits per heavy atom. The molecular weight excluding hydrogens is 212 g/mol. The van der Waals surface area contributed by atoms with E-state index in [1.807, 2.05) is 0 Å². The van der Waals surface area contributed by atoms with Crippen LogP contribution in [-0.2, 0) is 4.79 Å². The third-order valence-corrected chi connectivity index (χ3v) is 3.18. The molecule has 1 aliphatic carbocycles. The van der Waals surface area contributed by atoms with Crippen LogP contribution in [0.1, 0.15) is 51.4 Å². The SMILES string of the molecule is C#CCCCCNCC(=O)NC1CCCCC1. The van der Waals surface area contributed by atoms with Crippen LogP contribution in [0.4, 0.5) is 0 Å². The zero-order chi connectivity index (χ0) is 12.3. The highest BCUT2D eigenvalue weighted by atomic mass is 16.1. The van der Waals surface area contributed by atoms with Gasteiger partial charge in [-0.05, 0) is 32.2 Å². The third kappa shape index (κ3) is 7.01. The lowest BCUT2D eigenvalue weighted by molar-refractivity contribution is -0.121. The van der Waals surface area contributed by atoms with Crippen molar-refractivity contribution in [2.45, 2.75) is 57.4 Å². The fraction of sp³-hybridized carbons (Fsp3) is 0.786. The quantitative estimate of drug-likeness (QED) is 0.523. The molecule has 0 heterocycles. The molecule has 1 amide bonds. The second kappa shape index (κ2) is 9.07. The van der Waals surface area contributed by atoms with Crippen LogP contribution in [0.3, 0.4) is 0 Å². The lowest BCUT2D eigenvalue weighted by atomic mass is 9.95. The Kier molecular flexibility index (Phi) is 7.49. The van der Waals surface area contributed by atoms with Crippen LogP contribution in [-0.4, -0.2) is 25.0 Å². The van der Waals surface area contributed by atoms with Crippen molar-refractivity contribution in [1.82, 2.24) is 10.6 Å². The number of amides is 1. The van der Waals surface area contributed by atoms with Crippen molar-refractivity contribution >= 4 is 5.91 Å². The van der Waals surface area contributed by atoms with Crippen LogP contribution in [0, 0.1) is 12.3 Å². The van der Waals surface area contributed by atoms with Crippen molar-refractivity contribution in [2.24, 2.45) is 0 Å². The molecule has 0 aromatic rings. The van der Waals surface area contributed by atoms with Crippen LogP contribution in [0.15, 0.2) is 0 Å². The third-order valence-electron chi connectivity index (χ3n) is 3.18. The first-order valence-corrected chi connectivity index (χ1v) is 6.76. The molecule has 0 aromatic heterocycles. The van der Waals surface area contributed by atoms with Crippen LogP contribution < -0.4 is 10.6 Å². The Morgan fingerprint density at radius 1 is 1.24 bits per heavy atom. The minimum Gasteiger partial charge on any atom is -0.352 e. The van der Waals surface area contributed by atoms with E-state index in [1.165, 1.54) is 19.3 Å². The summed E-state index contributed by atoms with van der Waals surface area (Å²) in [6.45, 7) is 1.31. The average molecular weight is 236 g/mol. The predicted molar refractivity (Wildman–Crippen MR) is 70.6 cm³/mol. The van der Waals surface area contributed by atoms with E-state index in [2.05, 4.69) is 16.6 Å². The van der Waals surface area contributed by atoms with Crippen LogP contribution in [0.25, 0.3) is 0 Å². The zero-order valence-electron chi connectivity index (χ0n) is 10.6. The fourth-order valence-electron chi connectivity index (χ4n) is 2.20. The largest absolute Gasteiger partial charge is 0.352 e. The summed E-state index contributed by atoms with van der Waals surface area (Å²) in [6.07, 6.45) is 14.2. The minimum atomic E-state index is 0.133. The van der Waals surface area contributed by atoms with Crippen molar-refractivity contribution in [3.05, 3.63) is 0 Å². The van der Waals surface area contributed by atoms with Gasteiger partial charge in [-0.3, -0.25) is 4.79 Å². The zero-order valence-corrected chi connectivity index (χ0v) is 10.6. The first-order chi connectivity index (χ1) is 8.33. The van der Waals surface area contributed by atoms with Gasteiger partial charge < -0.3 is 10.6 Å². The van der Waals surface area contributed by atoms with Gasteiger partial charge in [-0.25, -0.2) is 0 Å². The molecule has 2 N–H and O–H groups in total. The Morgan fingerprint density at radius 2 is 2.00 bits per heavy atom. The van der Waals surface area contributed by atoms with Crippen molar-refractivity contribution in [3.63, 3.8) is 0 Å². The second-order valence-electron chi connectivity index (χ2n) is 4.74. The van der Waals surface area contributed by atoms with Crippen molar-refractivity contribution < 1.29 is 4.79 Å². The van der Waals surface area contributed by atoms with Gasteiger partial charge in [-0.1, -0.05) is 19.3 Å². The van der Waals surface area contributed by atoms with Gasteiger partial charge in [0.1, 0.15) is 0 Å². The lowest BCUT2D eigenvalue weighted by Crippen LogP contribution is -2.41. The molecule has 96 valence electrons. The maximum absolute atomic E-state index is 11.6. The molecule has 0 aromatic carbocycles. The summed E-state index contributed by atoms with van der Waals surface area (Å²) in [4.78, 5) is 11.6. The van der Waals surface area contributed by atoms with Gasteiger partial charge in [-0.2, -0.15) is 0 Å². The fourth-order valence-corrected chi connectivity index (χ4v) is 2.20. The average Bonchev–Trinajstić information content (AvgIpc) is 2.35. The summed E-state index contributed by atoms with van der Waals surface area (Å²) in [6, 6.07) is 0.416. The molecular formula is C14H24N2O. The summed E-state index contributed by atoms with van der Waals surface area (Å²) in [7, 11) is 0. The Bertz CT molecular complexity index is 251. The summed E-state index contributed by atoms with van der Waals surface area (Å²) >= 11 is 0. The first-order valence-electron chi connectivity index (χ1n) is 6.76. The molecule has 3 heteroatoms. The highest BCUT2D eigenvalue weighted by Gasteiger charge is 2.14. The number of unbranched alkanes of at least 4 members (excludes halogenated alkanes) is 2. The van der Waals surface area contributed by atoms with Crippen LogP contribution in [0.2, 0.25) is 0 Å². The van der Waals surface area contributed by atoms with Crippen LogP contribution >= 0.6 is 0 Å². The Hall–Kier alpha value is -1.01. The Balaban J connectivity index is 1.95. The standard InChI is InChI=1S/C14H24N2O/c1-2-3-4-8-11-15-12-14(17)16-13-9-6-5-7-10-13/h1,13,15H,3-12H2,(H,16,17). The van der Waals surface area contributed by atoms with E-state index in [9.17, 15) is 4.79 Å². The molecule has 0 unspecified atom stereocenters. The Labute approximate surface area is 105 Å². The molecule has 1 aliphatic rings. The number of carbonyl (C=O) groups excluding carboxylic acids is 1. The van der Waals surface area contributed by atoms with Gasteiger partial charge in [-0.15, -0.1) is 12.3 Å². The van der Waals surface area contributed by atoms with E-state index in [-0.39, 0.29) is 5.91 Å². The van der Waals surface area contributed by atoms with Crippen molar-refractivity contribution in [3.8, 4) is 12.3 Å². The minimum absolute atomic E-state index is 0.133. The molecule has 0 aliphatic heterocycles. The molecule has 1 saturated carbocycles. The van der Waals surface area contributed by atoms with Gasteiger partial charge in [0.05, 0.1) is 6.54 Å². The molecule has 0 atom stereocenters. The van der Waals surface area contributed by atoms with Crippen molar-refractivity contribution in [1.29, 1.82) is 0 Å². The summed E-state index contributed by atoms with van der Waals surface area (Å²) in [5, 5.41) is 6.24. The highest BCUT2D eigenvalue weighted by molar-refractivity contribution is 5.78. The predicted octanol–water partition coefficient (Wildman–Crippen LogP) is 1.83. The number of terminal acetylenes is 1. The topological polar surface area (TPSA) is 41.1 Å². The van der Waals surface area contributed by atoms with Crippen LogP contribution in [0.5, 0.6) is 0 Å². The molecule has 1 rings (SSSR count). The first kappa shape index (κ1) is 14.1. The van der Waals surface area contributed by atoms with Gasteiger partial charge >= 0.3 is 0 Å². The molecule has 0 bridgehead atoms. The van der Waals surface area contributed by atoms with E-state index in [4.69, 9.17) is 6.42 Å². The van der Waals surface area contributed by atoms with E-state index >= 15 is 0 Å². The number of carbonyl (C=O) groups is 1. The van der Waals surface area contributed by atoms with E-state index in [1.54, 1.807) is 0 Å². The van der Waals surface area contributed by atoms with E-state index in [0.29, 0.717) is 12.6 Å². The lowest BCUT2D eigenvalue weighted by Gasteiger charge is -2.22. The maximum Gasteiger partial charge on any atom is 0.234 e. The number of hydrogen-bond acceptors (Lipinski definition) is 2. The van der Waals surface area contributed by atoms with Gasteiger partial charge in [0.15, 0.2) is 0 Å². The van der Waals surface area contributed by atoms with Gasteiger partial charge in [0.2, 0.25) is 5.91 Å². The monoisotopic (exact) mass is 236 g/mol. The maximum atomic E-state index is 11.6. The van der Waals surface area contributed by atoms with E-state index in [0.717, 1.165) is 38.6 Å².